The monoisotopic (exact) mass is 342 g/mol. The number of hydrogen-bond acceptors (Lipinski definition) is 4. The summed E-state index contributed by atoms with van der Waals surface area (Å²) >= 11 is 0. The predicted molar refractivity (Wildman–Crippen MR) is 97.1 cm³/mol. The molecule has 0 aliphatic carbocycles. The van der Waals surface area contributed by atoms with Gasteiger partial charge < -0.3 is 9.64 Å². The van der Waals surface area contributed by atoms with Crippen molar-refractivity contribution in [1.82, 2.24) is 4.90 Å². The Morgan fingerprint density at radius 3 is 2.48 bits per heavy atom. The number of anilines is 1. The second-order valence-electron chi connectivity index (χ2n) is 7.36. The number of rotatable bonds is 3. The normalized spacial score (nSPS) is 24.3. The minimum Gasteiger partial charge on any atom is -0.450 e. The fourth-order valence-electron chi connectivity index (χ4n) is 4.16. The molecule has 0 spiro atoms. The Labute approximate surface area is 149 Å². The molecule has 0 unspecified atom stereocenters. The highest BCUT2D eigenvalue weighted by Crippen LogP contribution is 2.54. The first-order valence-corrected chi connectivity index (χ1v) is 8.75. The zero-order valence-corrected chi connectivity index (χ0v) is 15.6. The van der Waals surface area contributed by atoms with Gasteiger partial charge in [0.2, 0.25) is 5.91 Å². The maximum Gasteiger partial charge on any atom is 0.303 e. The van der Waals surface area contributed by atoms with Crippen LogP contribution in [0.1, 0.15) is 58.1 Å². The van der Waals surface area contributed by atoms with Crippen LogP contribution < -0.4 is 4.90 Å². The Kier molecular flexibility index (Phi) is 4.13. The lowest BCUT2D eigenvalue weighted by Gasteiger charge is -2.37. The number of ether oxygens (including phenoxy) is 1. The van der Waals surface area contributed by atoms with Crippen LogP contribution in [0.5, 0.6) is 0 Å². The van der Waals surface area contributed by atoms with Crippen LogP contribution in [0.3, 0.4) is 0 Å². The van der Waals surface area contributed by atoms with Crippen molar-refractivity contribution in [2.45, 2.75) is 58.7 Å². The van der Waals surface area contributed by atoms with Gasteiger partial charge in [-0.15, -0.1) is 0 Å². The van der Waals surface area contributed by atoms with E-state index in [1.165, 1.54) is 12.5 Å². The van der Waals surface area contributed by atoms with E-state index in [1.54, 1.807) is 11.8 Å². The summed E-state index contributed by atoms with van der Waals surface area (Å²) in [5.41, 5.74) is 2.95. The lowest BCUT2D eigenvalue weighted by atomic mass is 9.89. The van der Waals surface area contributed by atoms with E-state index in [-0.39, 0.29) is 18.0 Å². The molecule has 1 saturated heterocycles. The number of allylic oxidation sites excluding steroid dienone is 1. The number of carbonyl (C=O) groups is 2. The van der Waals surface area contributed by atoms with E-state index in [1.807, 2.05) is 19.1 Å². The number of amides is 1. The van der Waals surface area contributed by atoms with Gasteiger partial charge in [0.15, 0.2) is 11.8 Å². The van der Waals surface area contributed by atoms with Gasteiger partial charge in [-0.2, -0.15) is 0 Å². The first-order chi connectivity index (χ1) is 11.7. The molecule has 2 aliphatic heterocycles. The number of likely N-dealkylation sites (tertiary alicyclic amines) is 1. The fourth-order valence-corrected chi connectivity index (χ4v) is 4.16. The Morgan fingerprint density at radius 1 is 1.28 bits per heavy atom. The Morgan fingerprint density at radius 2 is 1.96 bits per heavy atom. The highest BCUT2D eigenvalue weighted by molar-refractivity contribution is 5.96. The summed E-state index contributed by atoms with van der Waals surface area (Å²) in [6.07, 6.45) is 0.270. The molecule has 0 saturated carbocycles. The van der Waals surface area contributed by atoms with Crippen LogP contribution in [-0.2, 0) is 19.9 Å². The first kappa shape index (κ1) is 17.5. The van der Waals surface area contributed by atoms with E-state index in [4.69, 9.17) is 4.74 Å². The summed E-state index contributed by atoms with van der Waals surface area (Å²) < 4.78 is 5.93. The maximum absolute atomic E-state index is 12.5. The molecular formula is C20H26N2O3. The highest BCUT2D eigenvalue weighted by Gasteiger charge is 2.61. The molecule has 0 radical (unpaired) electrons. The quantitative estimate of drug-likeness (QED) is 0.789. The summed E-state index contributed by atoms with van der Waals surface area (Å²) in [4.78, 5) is 28.3. The average Bonchev–Trinajstić information content (AvgIpc) is 2.98. The van der Waals surface area contributed by atoms with Crippen molar-refractivity contribution in [2.24, 2.45) is 0 Å². The van der Waals surface area contributed by atoms with Crippen LogP contribution in [-0.4, -0.2) is 29.5 Å². The number of fused-ring (bicyclic) bond motifs is 3. The number of esters is 1. The lowest BCUT2D eigenvalue weighted by molar-refractivity contribution is -0.160. The molecule has 5 nitrogen and oxygen atoms in total. The molecule has 1 fully saturated rings. The summed E-state index contributed by atoms with van der Waals surface area (Å²) in [5.74, 6) is -0.0475. The predicted octanol–water partition coefficient (Wildman–Crippen LogP) is 3.50. The van der Waals surface area contributed by atoms with Gasteiger partial charge in [0.25, 0.3) is 0 Å². The van der Waals surface area contributed by atoms with Crippen molar-refractivity contribution in [3.05, 3.63) is 41.6 Å². The van der Waals surface area contributed by atoms with E-state index < -0.39 is 5.60 Å². The molecule has 0 aromatic heterocycles. The van der Waals surface area contributed by atoms with Crippen LogP contribution >= 0.6 is 0 Å². The van der Waals surface area contributed by atoms with Gasteiger partial charge in [0.1, 0.15) is 0 Å². The SMILES string of the molecule is C=C(C)N1CC[C@@]2(OC(C)=O)c3cc(C(C)C)ccc3N(C(C)=O)[C@@H]12. The summed E-state index contributed by atoms with van der Waals surface area (Å²) in [6.45, 7) is 13.9. The van der Waals surface area contributed by atoms with Crippen molar-refractivity contribution in [2.75, 3.05) is 11.4 Å². The second kappa shape index (κ2) is 5.90. The second-order valence-corrected chi connectivity index (χ2v) is 7.36. The van der Waals surface area contributed by atoms with Crippen LogP contribution in [0.25, 0.3) is 0 Å². The molecule has 25 heavy (non-hydrogen) atoms. The van der Waals surface area contributed by atoms with E-state index >= 15 is 0 Å². The molecule has 0 N–H and O–H groups in total. The maximum atomic E-state index is 12.5. The number of nitrogens with zero attached hydrogens (tertiary/aromatic N) is 2. The van der Waals surface area contributed by atoms with Gasteiger partial charge in [-0.1, -0.05) is 26.5 Å². The highest BCUT2D eigenvalue weighted by atomic mass is 16.6. The fraction of sp³-hybridized carbons (Fsp3) is 0.500. The molecule has 5 heteroatoms. The van der Waals surface area contributed by atoms with Crippen LogP contribution in [0.2, 0.25) is 0 Å². The van der Waals surface area contributed by atoms with Gasteiger partial charge >= 0.3 is 5.97 Å². The van der Waals surface area contributed by atoms with Gasteiger partial charge in [0, 0.05) is 38.1 Å². The Bertz CT molecular complexity index is 755. The molecule has 2 aliphatic rings. The smallest absolute Gasteiger partial charge is 0.303 e. The van der Waals surface area contributed by atoms with Crippen LogP contribution in [0, 0.1) is 0 Å². The third-order valence-electron chi connectivity index (χ3n) is 5.24. The van der Waals surface area contributed by atoms with E-state index in [2.05, 4.69) is 31.4 Å². The number of benzene rings is 1. The van der Waals surface area contributed by atoms with E-state index in [0.717, 1.165) is 16.9 Å². The van der Waals surface area contributed by atoms with Gasteiger partial charge in [-0.3, -0.25) is 14.5 Å². The summed E-state index contributed by atoms with van der Waals surface area (Å²) in [6, 6.07) is 6.13. The Hall–Kier alpha value is -2.30. The van der Waals surface area contributed by atoms with E-state index in [9.17, 15) is 9.59 Å². The summed E-state index contributed by atoms with van der Waals surface area (Å²) in [7, 11) is 0. The zero-order chi connectivity index (χ0) is 18.5. The minimum absolute atomic E-state index is 0.0641. The average molecular weight is 342 g/mol. The number of hydrogen-bond donors (Lipinski definition) is 0. The van der Waals surface area contributed by atoms with Crippen molar-refractivity contribution in [3.63, 3.8) is 0 Å². The third kappa shape index (κ3) is 2.53. The molecule has 1 aromatic rings. The summed E-state index contributed by atoms with van der Waals surface area (Å²) in [5, 5.41) is 0. The number of carbonyl (C=O) groups excluding carboxylic acids is 2. The molecule has 1 amide bonds. The van der Waals surface area contributed by atoms with Crippen molar-refractivity contribution in [1.29, 1.82) is 0 Å². The van der Waals surface area contributed by atoms with E-state index in [0.29, 0.717) is 18.9 Å². The lowest BCUT2D eigenvalue weighted by Crippen LogP contribution is -2.52. The molecule has 2 atom stereocenters. The molecule has 3 rings (SSSR count). The van der Waals surface area contributed by atoms with Crippen molar-refractivity contribution < 1.29 is 14.3 Å². The molecule has 0 bridgehead atoms. The largest absolute Gasteiger partial charge is 0.450 e. The van der Waals surface area contributed by atoms with Crippen molar-refractivity contribution >= 4 is 17.6 Å². The van der Waals surface area contributed by atoms with Gasteiger partial charge in [-0.05, 0) is 30.5 Å². The molecule has 134 valence electrons. The first-order valence-electron chi connectivity index (χ1n) is 8.75. The van der Waals surface area contributed by atoms with Crippen LogP contribution in [0.4, 0.5) is 5.69 Å². The topological polar surface area (TPSA) is 49.9 Å². The Balaban J connectivity index is 2.25. The van der Waals surface area contributed by atoms with Crippen LogP contribution in [0.15, 0.2) is 30.5 Å². The third-order valence-corrected chi connectivity index (χ3v) is 5.24. The zero-order valence-electron chi connectivity index (χ0n) is 15.6. The molecule has 1 aromatic carbocycles. The van der Waals surface area contributed by atoms with Gasteiger partial charge in [-0.25, -0.2) is 0 Å². The molecule has 2 heterocycles. The van der Waals surface area contributed by atoms with Crippen molar-refractivity contribution in [3.8, 4) is 0 Å². The van der Waals surface area contributed by atoms with Gasteiger partial charge in [0.05, 0.1) is 5.69 Å². The standard InChI is InChI=1S/C20H26N2O3/c1-12(2)16-7-8-18-17(11-16)20(25-15(6)24)9-10-21(13(3)4)19(20)22(18)14(5)23/h7-8,11-12,19H,3,9-10H2,1-2,4-6H3/t19-,20-/m1/s1. The molecular weight excluding hydrogens is 316 g/mol. The minimum atomic E-state index is -0.837.